The van der Waals surface area contributed by atoms with Gasteiger partial charge in [-0.2, -0.15) is 8.78 Å². The molecule has 106 valence electrons. The normalized spacial score (nSPS) is 13.2. The van der Waals surface area contributed by atoms with Crippen molar-refractivity contribution in [3.63, 3.8) is 0 Å². The minimum Gasteiger partial charge on any atom is -0.479 e. The molecule has 0 bridgehead atoms. The first-order chi connectivity index (χ1) is 8.11. The standard InChI is InChI=1S/C10H17F2NO5/c1-10(2,3)18-9(16)13-5-4-6(7(14)15)17-8(11)12/h6,8H,4-5H2,1-3H3,(H,13,16)(H,14,15). The van der Waals surface area contributed by atoms with Crippen molar-refractivity contribution in [1.29, 1.82) is 0 Å². The number of nitrogens with one attached hydrogen (secondary N) is 1. The van der Waals surface area contributed by atoms with Gasteiger partial charge in [-0.05, 0) is 20.8 Å². The van der Waals surface area contributed by atoms with Gasteiger partial charge in [0.15, 0.2) is 6.10 Å². The van der Waals surface area contributed by atoms with Crippen LogP contribution in [0.15, 0.2) is 0 Å². The largest absolute Gasteiger partial charge is 0.479 e. The van der Waals surface area contributed by atoms with Gasteiger partial charge in [-0.3, -0.25) is 0 Å². The maximum atomic E-state index is 11.9. The lowest BCUT2D eigenvalue weighted by Gasteiger charge is -2.20. The molecule has 0 aliphatic heterocycles. The smallest absolute Gasteiger partial charge is 0.407 e. The highest BCUT2D eigenvalue weighted by Gasteiger charge is 2.23. The van der Waals surface area contributed by atoms with Crippen LogP contribution >= 0.6 is 0 Å². The molecule has 6 nitrogen and oxygen atoms in total. The zero-order valence-electron chi connectivity index (χ0n) is 10.4. The monoisotopic (exact) mass is 269 g/mol. The lowest BCUT2D eigenvalue weighted by molar-refractivity contribution is -0.187. The number of halogens is 2. The second kappa shape index (κ2) is 7.10. The third-order valence-electron chi connectivity index (χ3n) is 1.62. The molecule has 0 aromatic rings. The number of carboxylic acid groups (broad SMARTS) is 1. The van der Waals surface area contributed by atoms with Crippen molar-refractivity contribution in [3.8, 4) is 0 Å². The Kier molecular flexibility index (Phi) is 6.53. The molecule has 1 atom stereocenters. The third kappa shape index (κ3) is 8.68. The van der Waals surface area contributed by atoms with Gasteiger partial charge in [0.1, 0.15) is 5.60 Å². The average Bonchev–Trinajstić information content (AvgIpc) is 2.12. The molecule has 0 saturated heterocycles. The van der Waals surface area contributed by atoms with Crippen LogP contribution in [-0.2, 0) is 14.3 Å². The van der Waals surface area contributed by atoms with E-state index in [2.05, 4.69) is 10.1 Å². The number of alkyl halides is 2. The number of rotatable bonds is 6. The summed E-state index contributed by atoms with van der Waals surface area (Å²) < 4.78 is 32.5. The Bertz CT molecular complexity index is 290. The summed E-state index contributed by atoms with van der Waals surface area (Å²) >= 11 is 0. The fraction of sp³-hybridized carbons (Fsp3) is 0.800. The molecule has 0 aliphatic rings. The van der Waals surface area contributed by atoms with Crippen LogP contribution in [0.5, 0.6) is 0 Å². The molecule has 18 heavy (non-hydrogen) atoms. The zero-order chi connectivity index (χ0) is 14.3. The van der Waals surface area contributed by atoms with Crippen LogP contribution in [-0.4, -0.2) is 42.0 Å². The van der Waals surface area contributed by atoms with Crippen molar-refractivity contribution in [1.82, 2.24) is 5.32 Å². The number of hydrogen-bond acceptors (Lipinski definition) is 4. The molecule has 0 aromatic heterocycles. The number of hydrogen-bond donors (Lipinski definition) is 2. The minimum absolute atomic E-state index is 0.140. The van der Waals surface area contributed by atoms with E-state index in [9.17, 15) is 18.4 Å². The lowest BCUT2D eigenvalue weighted by Crippen LogP contribution is -2.36. The first kappa shape index (κ1) is 16.6. The van der Waals surface area contributed by atoms with Crippen molar-refractivity contribution in [2.75, 3.05) is 6.54 Å². The number of amides is 1. The highest BCUT2D eigenvalue weighted by atomic mass is 19.3. The fourth-order valence-corrected chi connectivity index (χ4v) is 0.993. The molecular weight excluding hydrogens is 252 g/mol. The topological polar surface area (TPSA) is 84.9 Å². The highest BCUT2D eigenvalue weighted by Crippen LogP contribution is 2.07. The van der Waals surface area contributed by atoms with Gasteiger partial charge in [-0.15, -0.1) is 0 Å². The second-order valence-electron chi connectivity index (χ2n) is 4.44. The quantitative estimate of drug-likeness (QED) is 0.765. The molecular formula is C10H17F2NO5. The van der Waals surface area contributed by atoms with E-state index < -0.39 is 30.4 Å². The summed E-state index contributed by atoms with van der Waals surface area (Å²) in [5, 5.41) is 10.8. The van der Waals surface area contributed by atoms with E-state index in [-0.39, 0.29) is 13.0 Å². The van der Waals surface area contributed by atoms with E-state index in [1.165, 1.54) is 0 Å². The van der Waals surface area contributed by atoms with Crippen LogP contribution in [0.3, 0.4) is 0 Å². The van der Waals surface area contributed by atoms with Gasteiger partial charge in [0.05, 0.1) is 0 Å². The van der Waals surface area contributed by atoms with E-state index in [0.29, 0.717) is 0 Å². The zero-order valence-corrected chi connectivity index (χ0v) is 10.4. The van der Waals surface area contributed by atoms with Crippen LogP contribution in [0.2, 0.25) is 0 Å². The number of aliphatic carboxylic acids is 1. The molecule has 0 aromatic carbocycles. The molecule has 0 fully saturated rings. The first-order valence-corrected chi connectivity index (χ1v) is 5.25. The summed E-state index contributed by atoms with van der Waals surface area (Å²) in [6, 6.07) is 0. The summed E-state index contributed by atoms with van der Waals surface area (Å²) in [5.74, 6) is -1.51. The number of ether oxygens (including phenoxy) is 2. The van der Waals surface area contributed by atoms with Crippen molar-refractivity contribution < 1.29 is 33.0 Å². The Hall–Kier alpha value is -1.44. The minimum atomic E-state index is -3.17. The predicted molar refractivity (Wildman–Crippen MR) is 57.4 cm³/mol. The molecule has 0 heterocycles. The molecule has 0 spiro atoms. The molecule has 1 unspecified atom stereocenters. The van der Waals surface area contributed by atoms with Gasteiger partial charge in [0.2, 0.25) is 0 Å². The highest BCUT2D eigenvalue weighted by molar-refractivity contribution is 5.72. The number of alkyl carbamates (subject to hydrolysis) is 1. The summed E-state index contributed by atoms with van der Waals surface area (Å²) in [7, 11) is 0. The van der Waals surface area contributed by atoms with Crippen molar-refractivity contribution in [3.05, 3.63) is 0 Å². The van der Waals surface area contributed by atoms with Crippen LogP contribution in [0.4, 0.5) is 13.6 Å². The van der Waals surface area contributed by atoms with E-state index >= 15 is 0 Å². The van der Waals surface area contributed by atoms with Crippen LogP contribution in [0, 0.1) is 0 Å². The Morgan fingerprint density at radius 1 is 1.33 bits per heavy atom. The van der Waals surface area contributed by atoms with Crippen LogP contribution in [0.25, 0.3) is 0 Å². The van der Waals surface area contributed by atoms with Gasteiger partial charge >= 0.3 is 18.7 Å². The number of carbonyl (C=O) groups is 2. The van der Waals surface area contributed by atoms with Gasteiger partial charge < -0.3 is 19.9 Å². The van der Waals surface area contributed by atoms with Crippen LogP contribution < -0.4 is 5.32 Å². The maximum absolute atomic E-state index is 11.9. The Morgan fingerprint density at radius 3 is 2.28 bits per heavy atom. The molecule has 0 radical (unpaired) electrons. The van der Waals surface area contributed by atoms with Crippen molar-refractivity contribution in [2.45, 2.75) is 45.5 Å². The van der Waals surface area contributed by atoms with E-state index in [0.717, 1.165) is 0 Å². The van der Waals surface area contributed by atoms with Crippen molar-refractivity contribution >= 4 is 12.1 Å². The summed E-state index contributed by atoms with van der Waals surface area (Å²) in [4.78, 5) is 21.7. The lowest BCUT2D eigenvalue weighted by atomic mass is 10.2. The van der Waals surface area contributed by atoms with Gasteiger partial charge in [0.25, 0.3) is 0 Å². The van der Waals surface area contributed by atoms with E-state index in [1.54, 1.807) is 20.8 Å². The van der Waals surface area contributed by atoms with Crippen molar-refractivity contribution in [2.24, 2.45) is 0 Å². The van der Waals surface area contributed by atoms with Gasteiger partial charge in [0, 0.05) is 13.0 Å². The Labute approximate surface area is 103 Å². The second-order valence-corrected chi connectivity index (χ2v) is 4.44. The number of carboxylic acids is 1. The van der Waals surface area contributed by atoms with Crippen LogP contribution in [0.1, 0.15) is 27.2 Å². The Balaban J connectivity index is 4.00. The fourth-order valence-electron chi connectivity index (χ4n) is 0.993. The molecule has 2 N–H and O–H groups in total. The van der Waals surface area contributed by atoms with E-state index in [4.69, 9.17) is 9.84 Å². The summed E-state index contributed by atoms with van der Waals surface area (Å²) in [6.07, 6.45) is -2.69. The predicted octanol–water partition coefficient (Wildman–Crippen LogP) is 1.59. The van der Waals surface area contributed by atoms with Gasteiger partial charge in [-0.25, -0.2) is 9.59 Å². The summed E-state index contributed by atoms with van der Waals surface area (Å²) in [6.45, 7) is 1.66. The molecule has 0 saturated carbocycles. The average molecular weight is 269 g/mol. The number of carbonyl (C=O) groups excluding carboxylic acids is 1. The third-order valence-corrected chi connectivity index (χ3v) is 1.62. The van der Waals surface area contributed by atoms with Gasteiger partial charge in [-0.1, -0.05) is 0 Å². The molecule has 8 heteroatoms. The Morgan fingerprint density at radius 2 is 1.89 bits per heavy atom. The molecule has 0 rings (SSSR count). The van der Waals surface area contributed by atoms with E-state index in [1.807, 2.05) is 0 Å². The SMILES string of the molecule is CC(C)(C)OC(=O)NCCC(OC(F)F)C(=O)O. The molecule has 0 aliphatic carbocycles. The summed E-state index contributed by atoms with van der Waals surface area (Å²) in [5.41, 5.74) is -0.685. The first-order valence-electron chi connectivity index (χ1n) is 5.25. The molecule has 1 amide bonds. The maximum Gasteiger partial charge on any atom is 0.407 e.